The van der Waals surface area contributed by atoms with Crippen LogP contribution < -0.4 is 5.32 Å². The van der Waals surface area contributed by atoms with Gasteiger partial charge >= 0.3 is 12.2 Å². The van der Waals surface area contributed by atoms with Gasteiger partial charge in [0.1, 0.15) is 11.6 Å². The summed E-state index contributed by atoms with van der Waals surface area (Å²) in [5, 5.41) is 11.3. The Morgan fingerprint density at radius 1 is 1.15 bits per heavy atom. The fourth-order valence-corrected chi connectivity index (χ4v) is 4.22. The Balaban J connectivity index is 1.43. The van der Waals surface area contributed by atoms with Crippen molar-refractivity contribution in [3.8, 4) is 0 Å². The van der Waals surface area contributed by atoms with Crippen LogP contribution in [0.5, 0.6) is 0 Å². The van der Waals surface area contributed by atoms with Gasteiger partial charge in [-0.3, -0.25) is 4.40 Å². The summed E-state index contributed by atoms with van der Waals surface area (Å²) in [7, 11) is 0. The molecule has 33 heavy (non-hydrogen) atoms. The molecule has 2 aliphatic heterocycles. The van der Waals surface area contributed by atoms with E-state index in [1.54, 1.807) is 15.9 Å². The third-order valence-electron chi connectivity index (χ3n) is 5.88. The number of rotatable bonds is 3. The van der Waals surface area contributed by atoms with Crippen LogP contribution in [0, 0.1) is 6.92 Å². The van der Waals surface area contributed by atoms with Crippen molar-refractivity contribution in [3.05, 3.63) is 52.5 Å². The van der Waals surface area contributed by atoms with Crippen molar-refractivity contribution in [1.29, 1.82) is 0 Å². The second kappa shape index (κ2) is 8.18. The number of nitrogens with zero attached hydrogens (tertiary/aromatic N) is 6. The standard InChI is InChI=1S/C21H22F3N7O2/c1-13-27-28-19-26-18(25-10-14-3-2-4-15(9-14)21(22,23)24)16-11-30(12-17(16)31(13)19)20(32)29-5-7-33-8-6-29/h2-4,9H,5-8,10-12H2,1H3,(H,25,26,28). The van der Waals surface area contributed by atoms with E-state index in [0.29, 0.717) is 62.4 Å². The first-order chi connectivity index (χ1) is 15.8. The number of fused-ring (bicyclic) bond motifs is 3. The molecule has 12 heteroatoms. The molecule has 1 aromatic carbocycles. The lowest BCUT2D eigenvalue weighted by Crippen LogP contribution is -2.46. The van der Waals surface area contributed by atoms with E-state index in [4.69, 9.17) is 4.74 Å². The molecular weight excluding hydrogens is 439 g/mol. The molecular formula is C21H22F3N7O2. The number of urea groups is 1. The van der Waals surface area contributed by atoms with Gasteiger partial charge in [0, 0.05) is 25.2 Å². The van der Waals surface area contributed by atoms with Crippen molar-refractivity contribution in [2.24, 2.45) is 0 Å². The maximum absolute atomic E-state index is 13.1. The quantitative estimate of drug-likeness (QED) is 0.646. The molecule has 2 aromatic heterocycles. The van der Waals surface area contributed by atoms with Crippen LogP contribution in [0.15, 0.2) is 24.3 Å². The summed E-state index contributed by atoms with van der Waals surface area (Å²) in [5.74, 6) is 1.51. The number of carbonyl (C=O) groups excluding carboxylic acids is 1. The Labute approximate surface area is 187 Å². The molecule has 1 N–H and O–H groups in total. The van der Waals surface area contributed by atoms with E-state index in [9.17, 15) is 18.0 Å². The second-order valence-electron chi connectivity index (χ2n) is 8.06. The van der Waals surface area contributed by atoms with E-state index < -0.39 is 11.7 Å². The lowest BCUT2D eigenvalue weighted by molar-refractivity contribution is -0.137. The van der Waals surface area contributed by atoms with E-state index in [0.717, 1.165) is 23.4 Å². The molecule has 4 heterocycles. The molecule has 5 rings (SSSR count). The topological polar surface area (TPSA) is 87.9 Å². The van der Waals surface area contributed by atoms with Crippen LogP contribution >= 0.6 is 0 Å². The molecule has 0 bridgehead atoms. The number of hydrogen-bond donors (Lipinski definition) is 1. The Morgan fingerprint density at radius 2 is 1.94 bits per heavy atom. The average Bonchev–Trinajstić information content (AvgIpc) is 3.41. The van der Waals surface area contributed by atoms with Gasteiger partial charge in [-0.05, 0) is 24.6 Å². The van der Waals surface area contributed by atoms with Crippen LogP contribution in [-0.4, -0.2) is 61.7 Å². The zero-order valence-corrected chi connectivity index (χ0v) is 17.9. The lowest BCUT2D eigenvalue weighted by atomic mass is 10.1. The molecule has 1 fully saturated rings. The van der Waals surface area contributed by atoms with Crippen LogP contribution in [0.2, 0.25) is 0 Å². The van der Waals surface area contributed by atoms with Crippen molar-refractivity contribution in [2.75, 3.05) is 31.6 Å². The van der Waals surface area contributed by atoms with Crippen molar-refractivity contribution >= 4 is 17.6 Å². The molecule has 0 radical (unpaired) electrons. The smallest absolute Gasteiger partial charge is 0.378 e. The molecule has 1 saturated heterocycles. The number of aryl methyl sites for hydroxylation is 1. The molecule has 0 aliphatic carbocycles. The highest BCUT2D eigenvalue weighted by Crippen LogP contribution is 2.32. The minimum absolute atomic E-state index is 0.0859. The molecule has 174 valence electrons. The Morgan fingerprint density at radius 3 is 2.70 bits per heavy atom. The number of anilines is 1. The van der Waals surface area contributed by atoms with Gasteiger partial charge in [0.2, 0.25) is 0 Å². The molecule has 9 nitrogen and oxygen atoms in total. The minimum Gasteiger partial charge on any atom is -0.378 e. The number of aromatic nitrogens is 4. The third kappa shape index (κ3) is 4.06. The van der Waals surface area contributed by atoms with Gasteiger partial charge in [0.25, 0.3) is 5.78 Å². The van der Waals surface area contributed by atoms with E-state index >= 15 is 0 Å². The summed E-state index contributed by atoms with van der Waals surface area (Å²) in [6.07, 6.45) is -4.41. The Bertz CT molecular complexity index is 1200. The zero-order valence-electron chi connectivity index (χ0n) is 17.9. The zero-order chi connectivity index (χ0) is 23.2. The van der Waals surface area contributed by atoms with Crippen LogP contribution in [0.4, 0.5) is 23.8 Å². The van der Waals surface area contributed by atoms with E-state index in [1.807, 2.05) is 11.3 Å². The molecule has 0 spiro atoms. The highest BCUT2D eigenvalue weighted by Gasteiger charge is 2.33. The van der Waals surface area contributed by atoms with Crippen molar-refractivity contribution < 1.29 is 22.7 Å². The molecule has 0 saturated carbocycles. The van der Waals surface area contributed by atoms with Crippen LogP contribution in [-0.2, 0) is 30.5 Å². The fraction of sp³-hybridized carbons (Fsp3) is 0.429. The van der Waals surface area contributed by atoms with Crippen molar-refractivity contribution in [3.63, 3.8) is 0 Å². The first kappa shape index (κ1) is 21.4. The van der Waals surface area contributed by atoms with Gasteiger partial charge in [-0.2, -0.15) is 18.2 Å². The van der Waals surface area contributed by atoms with Gasteiger partial charge in [0.05, 0.1) is 37.6 Å². The number of ether oxygens (including phenoxy) is 1. The Hall–Kier alpha value is -3.41. The first-order valence-corrected chi connectivity index (χ1v) is 10.6. The highest BCUT2D eigenvalue weighted by molar-refractivity contribution is 5.76. The number of amides is 2. The largest absolute Gasteiger partial charge is 0.416 e. The first-order valence-electron chi connectivity index (χ1n) is 10.6. The van der Waals surface area contributed by atoms with Crippen LogP contribution in [0.1, 0.15) is 28.2 Å². The summed E-state index contributed by atoms with van der Waals surface area (Å²) in [6, 6.07) is 5.07. The normalized spacial score (nSPS) is 16.4. The average molecular weight is 461 g/mol. The maximum Gasteiger partial charge on any atom is 0.416 e. The van der Waals surface area contributed by atoms with E-state index in [1.165, 1.54) is 6.07 Å². The second-order valence-corrected chi connectivity index (χ2v) is 8.06. The molecule has 3 aromatic rings. The summed E-state index contributed by atoms with van der Waals surface area (Å²) in [5.41, 5.74) is 1.41. The molecule has 2 amide bonds. The predicted molar refractivity (Wildman–Crippen MR) is 111 cm³/mol. The fourth-order valence-electron chi connectivity index (χ4n) is 4.22. The highest BCUT2D eigenvalue weighted by atomic mass is 19.4. The van der Waals surface area contributed by atoms with E-state index in [-0.39, 0.29) is 12.6 Å². The number of hydrogen-bond acceptors (Lipinski definition) is 6. The van der Waals surface area contributed by atoms with Crippen LogP contribution in [0.25, 0.3) is 5.78 Å². The van der Waals surface area contributed by atoms with Gasteiger partial charge in [-0.25, -0.2) is 4.79 Å². The van der Waals surface area contributed by atoms with Crippen LogP contribution in [0.3, 0.4) is 0 Å². The lowest BCUT2D eigenvalue weighted by Gasteiger charge is -2.30. The van der Waals surface area contributed by atoms with Gasteiger partial charge < -0.3 is 19.9 Å². The van der Waals surface area contributed by atoms with Gasteiger partial charge in [-0.15, -0.1) is 10.2 Å². The number of benzene rings is 1. The molecule has 0 atom stereocenters. The minimum atomic E-state index is -4.41. The monoisotopic (exact) mass is 461 g/mol. The summed E-state index contributed by atoms with van der Waals surface area (Å²) in [4.78, 5) is 21.1. The number of carbonyl (C=O) groups is 1. The maximum atomic E-state index is 13.1. The summed E-state index contributed by atoms with van der Waals surface area (Å²) < 4.78 is 46.3. The van der Waals surface area contributed by atoms with Gasteiger partial charge in [-0.1, -0.05) is 12.1 Å². The Kier molecular flexibility index (Phi) is 5.31. The SMILES string of the molecule is Cc1nnc2nc(NCc3cccc(C(F)(F)F)c3)c3c(n12)CN(C(=O)N1CCOCC1)C3. The predicted octanol–water partition coefficient (Wildman–Crippen LogP) is 2.83. The number of halogens is 3. The third-order valence-corrected chi connectivity index (χ3v) is 5.88. The number of morpholine rings is 1. The van der Waals surface area contributed by atoms with E-state index in [2.05, 4.69) is 20.5 Å². The molecule has 0 unspecified atom stereocenters. The van der Waals surface area contributed by atoms with Crippen molar-refractivity contribution in [2.45, 2.75) is 32.7 Å². The van der Waals surface area contributed by atoms with Crippen molar-refractivity contribution in [1.82, 2.24) is 29.4 Å². The number of alkyl halides is 3. The summed E-state index contributed by atoms with van der Waals surface area (Å²) >= 11 is 0. The number of nitrogens with one attached hydrogen (secondary N) is 1. The molecule has 2 aliphatic rings. The van der Waals surface area contributed by atoms with Gasteiger partial charge in [0.15, 0.2) is 0 Å². The summed E-state index contributed by atoms with van der Waals surface area (Å²) in [6.45, 7) is 4.73.